The normalized spacial score (nSPS) is 22.6. The van der Waals surface area contributed by atoms with Gasteiger partial charge in [0.1, 0.15) is 6.04 Å². The first-order valence-electron chi connectivity index (χ1n) is 7.97. The third kappa shape index (κ3) is 3.05. The van der Waals surface area contributed by atoms with Gasteiger partial charge in [-0.3, -0.25) is 4.79 Å². The Morgan fingerprint density at radius 2 is 2.14 bits per heavy atom. The van der Waals surface area contributed by atoms with Gasteiger partial charge in [0.05, 0.1) is 0 Å². The van der Waals surface area contributed by atoms with Crippen LogP contribution in [0.4, 0.5) is 5.69 Å². The van der Waals surface area contributed by atoms with Gasteiger partial charge in [0.25, 0.3) is 0 Å². The molecular weight excluding hydrogens is 262 g/mol. The van der Waals surface area contributed by atoms with Crippen LogP contribution in [0.15, 0.2) is 18.2 Å². The van der Waals surface area contributed by atoms with Crippen molar-refractivity contribution in [3.05, 3.63) is 29.3 Å². The summed E-state index contributed by atoms with van der Waals surface area (Å²) in [4.78, 5) is 13.7. The van der Waals surface area contributed by atoms with Crippen LogP contribution in [0.2, 0.25) is 0 Å². The van der Waals surface area contributed by atoms with Gasteiger partial charge < -0.3 is 16.0 Å². The summed E-state index contributed by atoms with van der Waals surface area (Å²) >= 11 is 0. The summed E-state index contributed by atoms with van der Waals surface area (Å²) in [5.41, 5.74) is 9.65. The molecule has 3 N–H and O–H groups in total. The van der Waals surface area contributed by atoms with Crippen molar-refractivity contribution >= 4 is 11.6 Å². The molecule has 2 fully saturated rings. The van der Waals surface area contributed by atoms with Gasteiger partial charge in [-0.2, -0.15) is 0 Å². The fraction of sp³-hybridized carbons (Fsp3) is 0.588. The van der Waals surface area contributed by atoms with Gasteiger partial charge in [0.2, 0.25) is 5.91 Å². The molecule has 0 bridgehead atoms. The van der Waals surface area contributed by atoms with Crippen molar-refractivity contribution in [1.29, 1.82) is 0 Å². The zero-order valence-electron chi connectivity index (χ0n) is 12.9. The summed E-state index contributed by atoms with van der Waals surface area (Å²) in [5.74, 6) is 1.05. The van der Waals surface area contributed by atoms with Gasteiger partial charge in [-0.15, -0.1) is 0 Å². The Morgan fingerprint density at radius 1 is 1.38 bits per heavy atom. The molecule has 1 saturated heterocycles. The van der Waals surface area contributed by atoms with E-state index in [2.05, 4.69) is 42.3 Å². The van der Waals surface area contributed by atoms with Crippen molar-refractivity contribution in [3.63, 3.8) is 0 Å². The predicted octanol–water partition coefficient (Wildman–Crippen LogP) is 1.95. The van der Waals surface area contributed by atoms with Gasteiger partial charge in [-0.25, -0.2) is 0 Å². The minimum Gasteiger partial charge on any atom is -0.368 e. The number of nitrogens with one attached hydrogen (secondary N) is 1. The molecule has 1 amide bonds. The lowest BCUT2D eigenvalue weighted by atomic mass is 9.93. The Labute approximate surface area is 126 Å². The van der Waals surface area contributed by atoms with Crippen LogP contribution in [-0.4, -0.2) is 31.6 Å². The zero-order valence-corrected chi connectivity index (χ0v) is 12.9. The smallest absolute Gasteiger partial charge is 0.236 e. The topological polar surface area (TPSA) is 58.4 Å². The summed E-state index contributed by atoms with van der Waals surface area (Å²) in [7, 11) is 0. The number of carbonyl (C=O) groups is 1. The van der Waals surface area contributed by atoms with Crippen LogP contribution in [0.5, 0.6) is 0 Å². The van der Waals surface area contributed by atoms with Crippen LogP contribution >= 0.6 is 0 Å². The Bertz CT molecular complexity index is 537. The molecule has 21 heavy (non-hydrogen) atoms. The lowest BCUT2D eigenvalue weighted by Crippen LogP contribution is -2.56. The van der Waals surface area contributed by atoms with Crippen molar-refractivity contribution in [3.8, 4) is 0 Å². The number of hydrogen-bond acceptors (Lipinski definition) is 3. The minimum absolute atomic E-state index is 0.243. The van der Waals surface area contributed by atoms with E-state index in [1.54, 1.807) is 0 Å². The highest BCUT2D eigenvalue weighted by Crippen LogP contribution is 2.44. The summed E-state index contributed by atoms with van der Waals surface area (Å²) in [6.07, 6.45) is 2.63. The van der Waals surface area contributed by atoms with E-state index in [0.717, 1.165) is 19.0 Å². The Morgan fingerprint density at radius 3 is 2.76 bits per heavy atom. The van der Waals surface area contributed by atoms with E-state index in [0.29, 0.717) is 12.5 Å². The van der Waals surface area contributed by atoms with Crippen LogP contribution in [0.1, 0.15) is 49.7 Å². The molecule has 1 aromatic rings. The highest BCUT2D eigenvalue weighted by atomic mass is 16.1. The molecule has 4 nitrogen and oxygen atoms in total. The molecule has 4 heteroatoms. The number of piperazine rings is 1. The number of nitrogens with two attached hydrogens (primary N) is 1. The van der Waals surface area contributed by atoms with Crippen molar-refractivity contribution < 1.29 is 4.79 Å². The standard InChI is InChI=1S/C17H25N3O/c1-11(2)14-6-5-13(9-15(14)12-3-4-12)20-8-7-19-16(10-20)17(18)21/h5-6,9,11-12,16,19H,3-4,7-8,10H2,1-2H3,(H2,18,21)/t16-/m0/s1. The van der Waals surface area contributed by atoms with E-state index in [9.17, 15) is 4.79 Å². The Kier molecular flexibility index (Phi) is 3.89. The van der Waals surface area contributed by atoms with E-state index in [1.807, 2.05) is 0 Å². The van der Waals surface area contributed by atoms with Crippen LogP contribution in [-0.2, 0) is 4.79 Å². The molecule has 1 aliphatic heterocycles. The monoisotopic (exact) mass is 287 g/mol. The average molecular weight is 287 g/mol. The van der Waals surface area contributed by atoms with Crippen molar-refractivity contribution in [1.82, 2.24) is 5.32 Å². The number of benzene rings is 1. The molecule has 1 aliphatic carbocycles. The highest BCUT2D eigenvalue weighted by Gasteiger charge is 2.29. The maximum atomic E-state index is 11.4. The molecule has 114 valence electrons. The van der Waals surface area contributed by atoms with E-state index in [1.165, 1.54) is 29.7 Å². The van der Waals surface area contributed by atoms with E-state index >= 15 is 0 Å². The molecule has 1 heterocycles. The molecule has 0 spiro atoms. The van der Waals surface area contributed by atoms with E-state index in [4.69, 9.17) is 5.73 Å². The van der Waals surface area contributed by atoms with Gasteiger partial charge >= 0.3 is 0 Å². The molecule has 1 atom stereocenters. The number of carbonyl (C=O) groups excluding carboxylic acids is 1. The first-order valence-corrected chi connectivity index (χ1v) is 7.97. The van der Waals surface area contributed by atoms with Crippen molar-refractivity contribution in [2.24, 2.45) is 5.73 Å². The van der Waals surface area contributed by atoms with Gasteiger partial charge in [-0.1, -0.05) is 19.9 Å². The van der Waals surface area contributed by atoms with Gasteiger partial charge in [0.15, 0.2) is 0 Å². The SMILES string of the molecule is CC(C)c1ccc(N2CCN[C@H](C(N)=O)C2)cc1C1CC1. The average Bonchev–Trinajstić information content (AvgIpc) is 3.31. The summed E-state index contributed by atoms with van der Waals surface area (Å²) in [6, 6.07) is 6.57. The van der Waals surface area contributed by atoms with Gasteiger partial charge in [0, 0.05) is 25.3 Å². The number of amides is 1. The lowest BCUT2D eigenvalue weighted by Gasteiger charge is -2.34. The second kappa shape index (κ2) is 5.68. The zero-order chi connectivity index (χ0) is 15.0. The third-order valence-corrected chi connectivity index (χ3v) is 4.59. The molecule has 0 radical (unpaired) electrons. The van der Waals surface area contributed by atoms with Crippen LogP contribution in [0.25, 0.3) is 0 Å². The maximum absolute atomic E-state index is 11.4. The summed E-state index contributed by atoms with van der Waals surface area (Å²) in [5, 5.41) is 3.18. The van der Waals surface area contributed by atoms with Crippen molar-refractivity contribution in [2.45, 2.75) is 44.6 Å². The van der Waals surface area contributed by atoms with Crippen LogP contribution in [0.3, 0.4) is 0 Å². The number of rotatable bonds is 4. The molecule has 2 aliphatic rings. The van der Waals surface area contributed by atoms with Crippen LogP contribution in [0, 0.1) is 0 Å². The molecule has 0 aromatic heterocycles. The molecule has 3 rings (SSSR count). The van der Waals surface area contributed by atoms with E-state index in [-0.39, 0.29) is 11.9 Å². The largest absolute Gasteiger partial charge is 0.368 e. The second-order valence-electron chi connectivity index (χ2n) is 6.60. The Balaban J connectivity index is 1.85. The third-order valence-electron chi connectivity index (χ3n) is 4.59. The first kappa shape index (κ1) is 14.4. The fourth-order valence-electron chi connectivity index (χ4n) is 3.21. The summed E-state index contributed by atoms with van der Waals surface area (Å²) in [6.45, 7) is 6.91. The highest BCUT2D eigenvalue weighted by molar-refractivity contribution is 5.81. The molecular formula is C17H25N3O. The molecule has 1 saturated carbocycles. The number of anilines is 1. The Hall–Kier alpha value is -1.55. The number of nitrogens with zero attached hydrogens (tertiary/aromatic N) is 1. The number of hydrogen-bond donors (Lipinski definition) is 2. The number of primary amides is 1. The maximum Gasteiger partial charge on any atom is 0.236 e. The molecule has 1 aromatic carbocycles. The summed E-state index contributed by atoms with van der Waals surface area (Å²) < 4.78 is 0. The minimum atomic E-state index is -0.263. The first-order chi connectivity index (χ1) is 10.1. The predicted molar refractivity (Wildman–Crippen MR) is 85.7 cm³/mol. The van der Waals surface area contributed by atoms with Gasteiger partial charge in [-0.05, 0) is 47.9 Å². The quantitative estimate of drug-likeness (QED) is 0.890. The van der Waals surface area contributed by atoms with Crippen LogP contribution < -0.4 is 16.0 Å². The van der Waals surface area contributed by atoms with E-state index < -0.39 is 0 Å². The fourth-order valence-corrected chi connectivity index (χ4v) is 3.21. The second-order valence-corrected chi connectivity index (χ2v) is 6.60. The van der Waals surface area contributed by atoms with Crippen molar-refractivity contribution in [2.75, 3.05) is 24.5 Å². The lowest BCUT2D eigenvalue weighted by molar-refractivity contribution is -0.120. The molecule has 0 unspecified atom stereocenters.